The van der Waals surface area contributed by atoms with Crippen LogP contribution in [-0.2, 0) is 9.78 Å². The summed E-state index contributed by atoms with van der Waals surface area (Å²) in [6.07, 6.45) is 11.3. The third-order valence-corrected chi connectivity index (χ3v) is 6.87. The first-order valence-corrected chi connectivity index (χ1v) is 8.81. The highest BCUT2D eigenvalue weighted by molar-refractivity contribution is 5.51. The van der Waals surface area contributed by atoms with Gasteiger partial charge >= 0.3 is 0 Å². The fourth-order valence-electron chi connectivity index (χ4n) is 6.08. The van der Waals surface area contributed by atoms with Gasteiger partial charge in [-0.3, -0.25) is 0 Å². The summed E-state index contributed by atoms with van der Waals surface area (Å²) in [5.41, 5.74) is 0.926. The number of rotatable bonds is 2. The molecule has 1 aromatic rings. The average Bonchev–Trinajstić information content (AvgIpc) is 2.52. The van der Waals surface area contributed by atoms with Crippen LogP contribution in [0.15, 0.2) is 36.4 Å². The van der Waals surface area contributed by atoms with Crippen molar-refractivity contribution in [1.82, 2.24) is 0 Å². The molecular weight excluding hydrogens is 272 g/mol. The van der Waals surface area contributed by atoms with Crippen molar-refractivity contribution < 1.29 is 9.78 Å². The number of benzene rings is 1. The molecule has 116 valence electrons. The van der Waals surface area contributed by atoms with Crippen molar-refractivity contribution in [1.29, 1.82) is 0 Å². The van der Waals surface area contributed by atoms with Gasteiger partial charge in [0, 0.05) is 0 Å². The van der Waals surface area contributed by atoms with Crippen LogP contribution in [0.25, 0.3) is 6.08 Å². The number of hydrogen-bond donors (Lipinski definition) is 0. The van der Waals surface area contributed by atoms with Gasteiger partial charge in [0.05, 0.1) is 0 Å². The summed E-state index contributed by atoms with van der Waals surface area (Å²) in [7, 11) is 0. The van der Waals surface area contributed by atoms with Gasteiger partial charge in [-0.2, -0.15) is 0 Å². The van der Waals surface area contributed by atoms with E-state index in [1.54, 1.807) is 0 Å². The van der Waals surface area contributed by atoms with Gasteiger partial charge in [-0.15, -0.1) is 0 Å². The van der Waals surface area contributed by atoms with Crippen LogP contribution < -0.4 is 0 Å². The average molecular weight is 296 g/mol. The Morgan fingerprint density at radius 2 is 1.55 bits per heavy atom. The maximum atomic E-state index is 5.95. The first-order valence-electron chi connectivity index (χ1n) is 8.81. The maximum Gasteiger partial charge on any atom is 0.152 e. The van der Waals surface area contributed by atoms with Gasteiger partial charge in [0.1, 0.15) is 5.60 Å². The SMILES string of the molecule is CC1(C=Cc2ccccc2)OOC12C1CC3CC(C1)CC2C3. The van der Waals surface area contributed by atoms with E-state index in [-0.39, 0.29) is 11.2 Å². The number of hydrogen-bond acceptors (Lipinski definition) is 2. The molecule has 22 heavy (non-hydrogen) atoms. The topological polar surface area (TPSA) is 18.5 Å². The molecule has 0 aromatic heterocycles. The van der Waals surface area contributed by atoms with Crippen molar-refractivity contribution in [3.05, 3.63) is 42.0 Å². The second kappa shape index (κ2) is 4.46. The Morgan fingerprint density at radius 3 is 2.09 bits per heavy atom. The van der Waals surface area contributed by atoms with Gasteiger partial charge in [0.25, 0.3) is 0 Å². The molecule has 1 heterocycles. The predicted octanol–water partition coefficient (Wildman–Crippen LogP) is 4.62. The lowest BCUT2D eigenvalue weighted by molar-refractivity contribution is -0.569. The van der Waals surface area contributed by atoms with Gasteiger partial charge in [-0.05, 0) is 74.3 Å². The molecule has 0 N–H and O–H groups in total. The van der Waals surface area contributed by atoms with Gasteiger partial charge in [0.2, 0.25) is 0 Å². The van der Waals surface area contributed by atoms with Crippen LogP contribution in [0.5, 0.6) is 0 Å². The Hall–Kier alpha value is -1.12. The van der Waals surface area contributed by atoms with Crippen LogP contribution in [0.2, 0.25) is 0 Å². The van der Waals surface area contributed by atoms with Crippen LogP contribution >= 0.6 is 0 Å². The van der Waals surface area contributed by atoms with E-state index >= 15 is 0 Å². The minimum Gasteiger partial charge on any atom is -0.225 e. The summed E-state index contributed by atoms with van der Waals surface area (Å²) < 4.78 is 0. The molecule has 5 aliphatic rings. The molecule has 1 unspecified atom stereocenters. The molecule has 4 aliphatic carbocycles. The zero-order valence-corrected chi connectivity index (χ0v) is 13.2. The molecule has 0 radical (unpaired) electrons. The van der Waals surface area contributed by atoms with E-state index in [2.05, 4.69) is 49.4 Å². The Kier molecular flexibility index (Phi) is 2.70. The summed E-state index contributed by atoms with van der Waals surface area (Å²) in [5, 5.41) is 0. The van der Waals surface area contributed by atoms with Crippen molar-refractivity contribution in [2.75, 3.05) is 0 Å². The molecule has 1 atom stereocenters. The summed E-state index contributed by atoms with van der Waals surface area (Å²) in [6.45, 7) is 2.23. The molecular formula is C20H24O2. The van der Waals surface area contributed by atoms with Crippen LogP contribution in [0.4, 0.5) is 0 Å². The molecule has 4 saturated carbocycles. The van der Waals surface area contributed by atoms with Gasteiger partial charge in [-0.25, -0.2) is 9.78 Å². The molecule has 1 saturated heterocycles. The van der Waals surface area contributed by atoms with E-state index in [0.717, 1.165) is 11.8 Å². The first-order chi connectivity index (χ1) is 10.7. The van der Waals surface area contributed by atoms with Crippen molar-refractivity contribution in [3.8, 4) is 0 Å². The molecule has 1 spiro atoms. The Morgan fingerprint density at radius 1 is 0.909 bits per heavy atom. The highest BCUT2D eigenvalue weighted by atomic mass is 17.3. The van der Waals surface area contributed by atoms with E-state index in [4.69, 9.17) is 9.78 Å². The quantitative estimate of drug-likeness (QED) is 0.742. The Bertz CT molecular complexity index is 577. The van der Waals surface area contributed by atoms with Gasteiger partial charge in [0.15, 0.2) is 5.60 Å². The van der Waals surface area contributed by atoms with E-state index < -0.39 is 0 Å². The summed E-state index contributed by atoms with van der Waals surface area (Å²) in [4.78, 5) is 11.7. The fourth-order valence-corrected chi connectivity index (χ4v) is 6.08. The van der Waals surface area contributed by atoms with Crippen LogP contribution in [0.1, 0.15) is 44.6 Å². The van der Waals surface area contributed by atoms with Gasteiger partial charge < -0.3 is 0 Å². The highest BCUT2D eigenvalue weighted by Gasteiger charge is 2.72. The van der Waals surface area contributed by atoms with E-state index in [0.29, 0.717) is 11.8 Å². The molecule has 4 bridgehead atoms. The lowest BCUT2D eigenvalue weighted by Crippen LogP contribution is -2.75. The van der Waals surface area contributed by atoms with E-state index in [1.807, 2.05) is 0 Å². The Labute approximate surface area is 132 Å². The van der Waals surface area contributed by atoms with Crippen molar-refractivity contribution in [2.24, 2.45) is 23.7 Å². The normalized spacial score (nSPS) is 49.0. The van der Waals surface area contributed by atoms with E-state index in [1.165, 1.54) is 37.7 Å². The fraction of sp³-hybridized carbons (Fsp3) is 0.600. The minimum atomic E-state index is -0.258. The van der Waals surface area contributed by atoms with Crippen molar-refractivity contribution in [3.63, 3.8) is 0 Å². The van der Waals surface area contributed by atoms with Crippen LogP contribution in [0.3, 0.4) is 0 Å². The first kappa shape index (κ1) is 13.3. The molecule has 1 aromatic carbocycles. The Balaban J connectivity index is 1.47. The third-order valence-electron chi connectivity index (χ3n) is 6.87. The second-order valence-corrected chi connectivity index (χ2v) is 8.12. The van der Waals surface area contributed by atoms with Crippen LogP contribution in [0, 0.1) is 23.7 Å². The zero-order chi connectivity index (χ0) is 14.8. The summed E-state index contributed by atoms with van der Waals surface area (Å²) in [6, 6.07) is 10.5. The van der Waals surface area contributed by atoms with E-state index in [9.17, 15) is 0 Å². The highest BCUT2D eigenvalue weighted by Crippen LogP contribution is 2.66. The predicted molar refractivity (Wildman–Crippen MR) is 85.8 cm³/mol. The molecule has 5 fully saturated rings. The lowest BCUT2D eigenvalue weighted by Gasteiger charge is -2.68. The van der Waals surface area contributed by atoms with Crippen LogP contribution in [-0.4, -0.2) is 11.2 Å². The molecule has 1 aliphatic heterocycles. The van der Waals surface area contributed by atoms with Crippen molar-refractivity contribution in [2.45, 2.75) is 50.2 Å². The summed E-state index contributed by atoms with van der Waals surface area (Å²) in [5.74, 6) is 3.31. The smallest absolute Gasteiger partial charge is 0.152 e. The summed E-state index contributed by atoms with van der Waals surface area (Å²) >= 11 is 0. The van der Waals surface area contributed by atoms with Crippen molar-refractivity contribution >= 4 is 6.08 Å². The molecule has 2 heteroatoms. The second-order valence-electron chi connectivity index (χ2n) is 8.12. The third kappa shape index (κ3) is 1.63. The maximum absolute atomic E-state index is 5.95. The largest absolute Gasteiger partial charge is 0.225 e. The molecule has 2 nitrogen and oxygen atoms in total. The molecule has 0 amide bonds. The standard InChI is InChI=1S/C20H24O2/c1-19(8-7-14-5-3-2-4-6-14)20(22-21-19)17-10-15-9-16(12-17)13-18(20)11-15/h2-8,15-18H,9-13H2,1H3. The minimum absolute atomic E-state index is 0.0499. The lowest BCUT2D eigenvalue weighted by atomic mass is 9.46. The zero-order valence-electron chi connectivity index (χ0n) is 13.2. The van der Waals surface area contributed by atoms with Gasteiger partial charge in [-0.1, -0.05) is 36.4 Å². The monoisotopic (exact) mass is 296 g/mol. The molecule has 6 rings (SSSR count).